The Bertz CT molecular complexity index is 443. The van der Waals surface area contributed by atoms with E-state index < -0.39 is 6.10 Å². The fourth-order valence-electron chi connectivity index (χ4n) is 2.70. The van der Waals surface area contributed by atoms with Gasteiger partial charge in [-0.15, -0.1) is 0 Å². The number of rotatable bonds is 7. The molecule has 0 saturated carbocycles. The lowest BCUT2D eigenvalue weighted by atomic mass is 9.97. The number of nitrogens with one attached hydrogen (secondary N) is 1. The smallest absolute Gasteiger partial charge is 0.251 e. The van der Waals surface area contributed by atoms with Crippen molar-refractivity contribution in [3.05, 3.63) is 35.9 Å². The monoisotopic (exact) mass is 295 g/mol. The lowest BCUT2D eigenvalue weighted by Gasteiger charge is -2.41. The highest BCUT2D eigenvalue weighted by molar-refractivity contribution is 5.94. The Hall–Kier alpha value is -1.43. The summed E-state index contributed by atoms with van der Waals surface area (Å²) in [6, 6.07) is 8.49. The van der Waals surface area contributed by atoms with Crippen LogP contribution in [0.25, 0.3) is 0 Å². The lowest BCUT2D eigenvalue weighted by Crippen LogP contribution is -2.62. The molecule has 0 aliphatic carbocycles. The maximum atomic E-state index is 12.3. The molecular weight excluding hydrogens is 268 g/mol. The summed E-state index contributed by atoms with van der Waals surface area (Å²) in [6.45, 7) is 1.64. The van der Waals surface area contributed by atoms with Crippen LogP contribution in [0.5, 0.6) is 0 Å². The number of hydrogen-bond donors (Lipinski definition) is 3. The van der Waals surface area contributed by atoms with Gasteiger partial charge in [0.15, 0.2) is 0 Å². The average Bonchev–Trinajstić information content (AvgIpc) is 2.45. The van der Waals surface area contributed by atoms with Crippen LogP contribution in [0.1, 0.15) is 23.7 Å². The third-order valence-corrected chi connectivity index (χ3v) is 3.68. The van der Waals surface area contributed by atoms with Crippen molar-refractivity contribution in [2.75, 3.05) is 27.7 Å². The second-order valence-corrected chi connectivity index (χ2v) is 6.21. The number of hydrogen-bond acceptors (Lipinski definition) is 3. The van der Waals surface area contributed by atoms with E-state index in [1.54, 1.807) is 12.1 Å². The summed E-state index contributed by atoms with van der Waals surface area (Å²) in [6.07, 6.45) is -0.207. The van der Waals surface area contributed by atoms with E-state index in [1.165, 1.54) is 0 Å². The quantitative estimate of drug-likeness (QED) is 0.646. The molecule has 5 nitrogen and oxygen atoms in total. The zero-order valence-electron chi connectivity index (χ0n) is 13.3. The van der Waals surface area contributed by atoms with Crippen molar-refractivity contribution in [1.29, 1.82) is 0 Å². The molecule has 5 heteroatoms. The maximum Gasteiger partial charge on any atom is 0.251 e. The molecule has 1 aromatic carbocycles. The first-order chi connectivity index (χ1) is 9.81. The molecule has 21 heavy (non-hydrogen) atoms. The van der Waals surface area contributed by atoms with Gasteiger partial charge in [0.25, 0.3) is 5.91 Å². The van der Waals surface area contributed by atoms with Crippen LogP contribution in [0, 0.1) is 0 Å². The van der Waals surface area contributed by atoms with Crippen LogP contribution in [0.4, 0.5) is 0 Å². The van der Waals surface area contributed by atoms with Crippen molar-refractivity contribution in [3.63, 3.8) is 0 Å². The summed E-state index contributed by atoms with van der Waals surface area (Å²) in [5.74, 6) is -0.161. The Morgan fingerprint density at radius 3 is 2.24 bits per heavy atom. The van der Waals surface area contributed by atoms with Gasteiger partial charge in [-0.1, -0.05) is 25.1 Å². The summed E-state index contributed by atoms with van der Waals surface area (Å²) < 4.78 is 0.454. The third kappa shape index (κ3) is 4.81. The molecule has 3 atom stereocenters. The molecule has 0 fully saturated rings. The summed E-state index contributed by atoms with van der Waals surface area (Å²) in [5, 5.41) is 22.4. The summed E-state index contributed by atoms with van der Waals surface area (Å²) >= 11 is 0. The molecular formula is C16H27N2O3+. The number of quaternary nitrogens is 1. The Balaban J connectivity index is 2.92. The van der Waals surface area contributed by atoms with E-state index in [1.807, 2.05) is 46.3 Å². The van der Waals surface area contributed by atoms with Crippen LogP contribution in [0.3, 0.4) is 0 Å². The van der Waals surface area contributed by atoms with Gasteiger partial charge in [-0.05, 0) is 18.6 Å². The second kappa shape index (κ2) is 7.54. The van der Waals surface area contributed by atoms with Crippen LogP contribution < -0.4 is 5.32 Å². The molecule has 118 valence electrons. The minimum absolute atomic E-state index is 0.161. The first kappa shape index (κ1) is 17.6. The van der Waals surface area contributed by atoms with Gasteiger partial charge in [0, 0.05) is 5.56 Å². The molecule has 3 N–H and O–H groups in total. The van der Waals surface area contributed by atoms with Crippen molar-refractivity contribution >= 4 is 5.91 Å². The topological polar surface area (TPSA) is 69.6 Å². The van der Waals surface area contributed by atoms with Crippen molar-refractivity contribution in [2.45, 2.75) is 31.5 Å². The van der Waals surface area contributed by atoms with E-state index in [0.29, 0.717) is 16.5 Å². The number of aliphatic hydroxyl groups excluding tert-OH is 2. The van der Waals surface area contributed by atoms with Gasteiger partial charge in [-0.3, -0.25) is 4.79 Å². The van der Waals surface area contributed by atoms with E-state index in [9.17, 15) is 15.0 Å². The molecule has 0 saturated heterocycles. The summed E-state index contributed by atoms with van der Waals surface area (Å²) in [4.78, 5) is 12.3. The molecule has 0 spiro atoms. The Kier molecular flexibility index (Phi) is 6.33. The SMILES string of the molecule is CCC(NC(=O)c1ccccc1)C(C(O)CO)[N+](C)(C)C. The molecule has 1 rings (SSSR count). The molecule has 0 aromatic heterocycles. The van der Waals surface area contributed by atoms with E-state index in [-0.39, 0.29) is 24.6 Å². The van der Waals surface area contributed by atoms with Crippen molar-refractivity contribution in [2.24, 2.45) is 0 Å². The van der Waals surface area contributed by atoms with E-state index in [2.05, 4.69) is 5.32 Å². The van der Waals surface area contributed by atoms with Crippen molar-refractivity contribution in [1.82, 2.24) is 5.32 Å². The zero-order chi connectivity index (χ0) is 16.0. The van der Waals surface area contributed by atoms with Crippen LogP contribution in [-0.2, 0) is 0 Å². The minimum Gasteiger partial charge on any atom is -0.393 e. The fraction of sp³-hybridized carbons (Fsp3) is 0.562. The molecule has 0 heterocycles. The number of carbonyl (C=O) groups is 1. The first-order valence-electron chi connectivity index (χ1n) is 7.27. The highest BCUT2D eigenvalue weighted by Gasteiger charge is 2.38. The first-order valence-corrected chi connectivity index (χ1v) is 7.27. The lowest BCUT2D eigenvalue weighted by molar-refractivity contribution is -0.901. The van der Waals surface area contributed by atoms with Gasteiger partial charge >= 0.3 is 0 Å². The predicted octanol–water partition coefficient (Wildman–Crippen LogP) is 0.623. The summed E-state index contributed by atoms with van der Waals surface area (Å²) in [7, 11) is 5.84. The highest BCUT2D eigenvalue weighted by atomic mass is 16.3. The normalized spacial score (nSPS) is 16.1. The Morgan fingerprint density at radius 2 is 1.81 bits per heavy atom. The molecule has 1 aromatic rings. The number of aliphatic hydroxyl groups is 2. The van der Waals surface area contributed by atoms with E-state index >= 15 is 0 Å². The van der Waals surface area contributed by atoms with Crippen LogP contribution >= 0.6 is 0 Å². The molecule has 0 aliphatic rings. The van der Waals surface area contributed by atoms with Crippen molar-refractivity contribution < 1.29 is 19.5 Å². The molecule has 0 bridgehead atoms. The number of benzene rings is 1. The standard InChI is InChI=1S/C16H26N2O3/c1-5-13(15(14(20)11-19)18(2,3)4)17-16(21)12-9-7-6-8-10-12/h6-10,13-15,19-20H,5,11H2,1-4H3/p+1. The van der Waals surface area contributed by atoms with Gasteiger partial charge in [-0.2, -0.15) is 0 Å². The summed E-state index contributed by atoms with van der Waals surface area (Å²) in [5.41, 5.74) is 0.592. The van der Waals surface area contributed by atoms with Crippen LogP contribution in [0.2, 0.25) is 0 Å². The molecule has 0 radical (unpaired) electrons. The zero-order valence-corrected chi connectivity index (χ0v) is 13.3. The highest BCUT2D eigenvalue weighted by Crippen LogP contribution is 2.16. The van der Waals surface area contributed by atoms with Gasteiger partial charge in [-0.25, -0.2) is 0 Å². The number of amides is 1. The van der Waals surface area contributed by atoms with E-state index in [4.69, 9.17) is 0 Å². The predicted molar refractivity (Wildman–Crippen MR) is 82.9 cm³/mol. The van der Waals surface area contributed by atoms with Crippen LogP contribution in [-0.4, -0.2) is 66.5 Å². The van der Waals surface area contributed by atoms with Gasteiger partial charge in [0.05, 0.1) is 33.8 Å². The number of carbonyl (C=O) groups excluding carboxylic acids is 1. The van der Waals surface area contributed by atoms with Crippen molar-refractivity contribution in [3.8, 4) is 0 Å². The van der Waals surface area contributed by atoms with Gasteiger partial charge < -0.3 is 20.0 Å². The molecule has 0 aliphatic heterocycles. The fourth-order valence-corrected chi connectivity index (χ4v) is 2.70. The third-order valence-electron chi connectivity index (χ3n) is 3.68. The van der Waals surface area contributed by atoms with Gasteiger partial charge in [0.1, 0.15) is 12.1 Å². The Morgan fingerprint density at radius 1 is 1.24 bits per heavy atom. The van der Waals surface area contributed by atoms with E-state index in [0.717, 1.165) is 0 Å². The average molecular weight is 295 g/mol. The van der Waals surface area contributed by atoms with Gasteiger partial charge in [0.2, 0.25) is 0 Å². The number of nitrogens with zero attached hydrogens (tertiary/aromatic N) is 1. The largest absolute Gasteiger partial charge is 0.393 e. The van der Waals surface area contributed by atoms with Crippen LogP contribution in [0.15, 0.2) is 30.3 Å². The Labute approximate surface area is 126 Å². The minimum atomic E-state index is -0.883. The molecule has 1 amide bonds. The number of likely N-dealkylation sites (N-methyl/N-ethyl adjacent to an activating group) is 1. The second-order valence-electron chi connectivity index (χ2n) is 6.21. The molecule has 3 unspecified atom stereocenters. The maximum absolute atomic E-state index is 12.3.